The minimum atomic E-state index is -1.26. The van der Waals surface area contributed by atoms with Crippen molar-refractivity contribution in [2.24, 2.45) is 0 Å². The molecule has 0 radical (unpaired) electrons. The van der Waals surface area contributed by atoms with Gasteiger partial charge in [0.25, 0.3) is 0 Å². The highest BCUT2D eigenvalue weighted by Crippen LogP contribution is 2.44. The third-order valence-electron chi connectivity index (χ3n) is 8.98. The Bertz CT molecular complexity index is 1750. The van der Waals surface area contributed by atoms with Crippen molar-refractivity contribution in [3.05, 3.63) is 71.8 Å². The Kier molecular flexibility index (Phi) is 16.5. The summed E-state index contributed by atoms with van der Waals surface area (Å²) in [5, 5.41) is 5.08. The Hall–Kier alpha value is -5.81. The van der Waals surface area contributed by atoms with Gasteiger partial charge in [-0.1, -0.05) is 60.7 Å². The average Bonchev–Trinajstić information content (AvgIpc) is 3.49. The number of rotatable bonds is 18. The standard InChI is InChI=1S/C40H49N3O14/c1-24(44)42-36-38(56-27(4)47)37(55-26(3)46)33(23-53-25(2)45)57-39(36)52-19-13-7-6-12-18-43(21-34(48)41-20-35(49)51-5)40(50)54-22-32-30-16-10-8-14-28(30)29-15-9-11-17-31(29)32/h7-11,13-17,32-33,36-39H,6,12,18-23H2,1-5H3,(H,41,48)(H,42,44)/b13-7+/t33-,36-,37-,38-,39+/m1/s1. The number of fused-ring (bicyclic) bond motifs is 3. The van der Waals surface area contributed by atoms with Crippen molar-refractivity contribution < 1.29 is 66.7 Å². The quantitative estimate of drug-likeness (QED) is 0.0962. The van der Waals surface area contributed by atoms with Crippen LogP contribution in [-0.4, -0.2) is 124 Å². The number of esters is 4. The molecule has 2 aliphatic rings. The van der Waals surface area contributed by atoms with Crippen LogP contribution in [0, 0.1) is 0 Å². The first-order chi connectivity index (χ1) is 27.3. The summed E-state index contributed by atoms with van der Waals surface area (Å²) in [5.41, 5.74) is 4.22. The fraction of sp³-hybridized carbons (Fsp3) is 0.475. The Balaban J connectivity index is 1.39. The molecule has 1 heterocycles. The van der Waals surface area contributed by atoms with Crippen LogP contribution >= 0.6 is 0 Å². The van der Waals surface area contributed by atoms with E-state index in [1.54, 1.807) is 12.2 Å². The lowest BCUT2D eigenvalue weighted by atomic mass is 9.96. The Morgan fingerprint density at radius 3 is 2.02 bits per heavy atom. The first-order valence-corrected chi connectivity index (χ1v) is 18.4. The molecule has 17 heteroatoms. The van der Waals surface area contributed by atoms with Gasteiger partial charge in [-0.25, -0.2) is 4.79 Å². The van der Waals surface area contributed by atoms with Crippen LogP contribution in [-0.2, 0) is 61.9 Å². The molecule has 4 rings (SSSR count). The number of benzene rings is 2. The van der Waals surface area contributed by atoms with E-state index in [4.69, 9.17) is 28.4 Å². The molecule has 3 amide bonds. The van der Waals surface area contributed by atoms with E-state index in [1.807, 2.05) is 48.5 Å². The highest BCUT2D eigenvalue weighted by atomic mass is 16.7. The van der Waals surface area contributed by atoms with Crippen LogP contribution in [0.1, 0.15) is 57.6 Å². The molecule has 1 saturated heterocycles. The number of nitrogens with one attached hydrogen (secondary N) is 2. The molecule has 1 aliphatic heterocycles. The van der Waals surface area contributed by atoms with Crippen molar-refractivity contribution in [1.29, 1.82) is 0 Å². The molecular formula is C40H49N3O14. The van der Waals surface area contributed by atoms with Gasteiger partial charge in [0.2, 0.25) is 11.8 Å². The fourth-order valence-electron chi connectivity index (χ4n) is 6.56. The SMILES string of the molecule is COC(=O)CNC(=O)CN(CCC/C=C/CO[C@H]1O[C@H](COC(C)=O)[C@@H](OC(C)=O)[C@H](OC(C)=O)[C@H]1NC(C)=O)C(=O)OCC1c2ccccc2-c2ccccc21. The number of nitrogens with zero attached hydrogens (tertiary/aromatic N) is 1. The highest BCUT2D eigenvalue weighted by Gasteiger charge is 2.51. The van der Waals surface area contributed by atoms with Crippen LogP contribution < -0.4 is 10.6 Å². The van der Waals surface area contributed by atoms with Crippen molar-refractivity contribution in [1.82, 2.24) is 15.5 Å². The molecule has 2 aromatic carbocycles. The van der Waals surface area contributed by atoms with Crippen molar-refractivity contribution >= 4 is 41.8 Å². The van der Waals surface area contributed by atoms with Crippen molar-refractivity contribution in [3.63, 3.8) is 0 Å². The number of carbonyl (C=O) groups excluding carboxylic acids is 7. The van der Waals surface area contributed by atoms with E-state index in [9.17, 15) is 33.6 Å². The van der Waals surface area contributed by atoms with Gasteiger partial charge in [0, 0.05) is 40.2 Å². The number of methoxy groups -OCH3 is 1. The normalized spacial score (nSPS) is 19.7. The number of unbranched alkanes of at least 4 members (excludes halogenated alkanes) is 1. The number of amides is 3. The number of carbonyl (C=O) groups is 7. The zero-order chi connectivity index (χ0) is 41.5. The molecule has 2 N–H and O–H groups in total. The highest BCUT2D eigenvalue weighted by molar-refractivity contribution is 5.85. The third-order valence-corrected chi connectivity index (χ3v) is 8.98. The van der Waals surface area contributed by atoms with Gasteiger partial charge in [-0.2, -0.15) is 0 Å². The summed E-state index contributed by atoms with van der Waals surface area (Å²) in [6.45, 7) is 3.74. The molecule has 2 aromatic rings. The van der Waals surface area contributed by atoms with Crippen LogP contribution in [0.15, 0.2) is 60.7 Å². The largest absolute Gasteiger partial charge is 0.468 e. The molecule has 0 unspecified atom stereocenters. The Morgan fingerprint density at radius 2 is 1.42 bits per heavy atom. The summed E-state index contributed by atoms with van der Waals surface area (Å²) in [6.07, 6.45) is -1.29. The fourth-order valence-corrected chi connectivity index (χ4v) is 6.56. The van der Waals surface area contributed by atoms with Gasteiger partial charge in [-0.3, -0.25) is 33.7 Å². The number of ether oxygens (including phenoxy) is 7. The minimum Gasteiger partial charge on any atom is -0.468 e. The maximum atomic E-state index is 13.5. The first-order valence-electron chi connectivity index (χ1n) is 18.4. The van der Waals surface area contributed by atoms with Crippen molar-refractivity contribution in [2.75, 3.05) is 46.6 Å². The van der Waals surface area contributed by atoms with Crippen molar-refractivity contribution in [2.45, 2.75) is 77.1 Å². The number of allylic oxidation sites excluding steroid dienone is 1. The first kappa shape index (κ1) is 43.9. The topological polar surface area (TPSA) is 211 Å². The van der Waals surface area contributed by atoms with Crippen LogP contribution in [0.25, 0.3) is 11.1 Å². The third kappa shape index (κ3) is 12.9. The molecule has 1 fully saturated rings. The zero-order valence-electron chi connectivity index (χ0n) is 32.6. The molecule has 0 saturated carbocycles. The summed E-state index contributed by atoms with van der Waals surface area (Å²) in [4.78, 5) is 86.9. The van der Waals surface area contributed by atoms with Crippen molar-refractivity contribution in [3.8, 4) is 11.1 Å². The molecule has 0 spiro atoms. The predicted molar refractivity (Wildman–Crippen MR) is 200 cm³/mol. The lowest BCUT2D eigenvalue weighted by Crippen LogP contribution is -2.66. The van der Waals surface area contributed by atoms with E-state index < -0.39 is 72.4 Å². The molecule has 0 aromatic heterocycles. The second-order valence-electron chi connectivity index (χ2n) is 13.2. The minimum absolute atomic E-state index is 0.0504. The van der Waals surface area contributed by atoms with Crippen LogP contribution in [0.5, 0.6) is 0 Å². The van der Waals surface area contributed by atoms with Gasteiger partial charge in [-0.05, 0) is 35.1 Å². The summed E-state index contributed by atoms with van der Waals surface area (Å²) < 4.78 is 38.3. The second-order valence-corrected chi connectivity index (χ2v) is 13.2. The van der Waals surface area contributed by atoms with Gasteiger partial charge in [-0.15, -0.1) is 0 Å². The van der Waals surface area contributed by atoms with Gasteiger partial charge in [0.15, 0.2) is 18.5 Å². The van der Waals surface area contributed by atoms with E-state index in [-0.39, 0.29) is 45.4 Å². The van der Waals surface area contributed by atoms with Gasteiger partial charge in [0.05, 0.1) is 13.7 Å². The van der Waals surface area contributed by atoms with Gasteiger partial charge < -0.3 is 43.8 Å². The van der Waals surface area contributed by atoms with Crippen LogP contribution in [0.2, 0.25) is 0 Å². The lowest BCUT2D eigenvalue weighted by molar-refractivity contribution is -0.275. The van der Waals surface area contributed by atoms with E-state index in [0.29, 0.717) is 12.8 Å². The zero-order valence-corrected chi connectivity index (χ0v) is 32.6. The number of hydrogen-bond donors (Lipinski definition) is 2. The summed E-state index contributed by atoms with van der Waals surface area (Å²) in [5.74, 6) is -4.00. The smallest absolute Gasteiger partial charge is 0.410 e. The summed E-state index contributed by atoms with van der Waals surface area (Å²) >= 11 is 0. The summed E-state index contributed by atoms with van der Waals surface area (Å²) in [7, 11) is 1.20. The van der Waals surface area contributed by atoms with Gasteiger partial charge in [0.1, 0.15) is 38.4 Å². The molecule has 308 valence electrons. The monoisotopic (exact) mass is 795 g/mol. The molecule has 0 bridgehead atoms. The maximum Gasteiger partial charge on any atom is 0.410 e. The van der Waals surface area contributed by atoms with E-state index in [1.165, 1.54) is 25.9 Å². The van der Waals surface area contributed by atoms with Gasteiger partial charge >= 0.3 is 30.0 Å². The van der Waals surface area contributed by atoms with E-state index in [2.05, 4.69) is 15.4 Å². The van der Waals surface area contributed by atoms with Crippen LogP contribution in [0.4, 0.5) is 4.79 Å². The number of hydrogen-bond acceptors (Lipinski definition) is 14. The second kappa shape index (κ2) is 21.5. The average molecular weight is 796 g/mol. The van der Waals surface area contributed by atoms with E-state index >= 15 is 0 Å². The molecule has 57 heavy (non-hydrogen) atoms. The van der Waals surface area contributed by atoms with E-state index in [0.717, 1.165) is 36.1 Å². The predicted octanol–water partition coefficient (Wildman–Crippen LogP) is 2.54. The Morgan fingerprint density at radius 1 is 0.789 bits per heavy atom. The maximum absolute atomic E-state index is 13.5. The summed E-state index contributed by atoms with van der Waals surface area (Å²) in [6, 6.07) is 14.7. The molecule has 1 aliphatic carbocycles. The Labute approximate surface area is 330 Å². The molecule has 5 atom stereocenters. The lowest BCUT2D eigenvalue weighted by Gasteiger charge is -2.44. The molecule has 17 nitrogen and oxygen atoms in total. The molecular weight excluding hydrogens is 746 g/mol. The van der Waals surface area contributed by atoms with Crippen LogP contribution in [0.3, 0.4) is 0 Å².